The van der Waals surface area contributed by atoms with E-state index in [2.05, 4.69) is 48.2 Å². The topological polar surface area (TPSA) is 46.9 Å². The normalized spacial score (nSPS) is 23.4. The molecule has 4 nitrogen and oxygen atoms in total. The van der Waals surface area contributed by atoms with Crippen LogP contribution in [0, 0.1) is 5.92 Å². The average Bonchev–Trinajstić information content (AvgIpc) is 2.55. The summed E-state index contributed by atoms with van der Waals surface area (Å²) in [6.07, 6.45) is 4.15. The van der Waals surface area contributed by atoms with Crippen LogP contribution in [-0.4, -0.2) is 66.0 Å². The number of aliphatic hydroxyl groups excluding tert-OH is 2. The van der Waals surface area contributed by atoms with Gasteiger partial charge in [0.25, 0.3) is 0 Å². The molecule has 1 aromatic carbocycles. The third-order valence-corrected chi connectivity index (χ3v) is 5.01. The van der Waals surface area contributed by atoms with E-state index in [4.69, 9.17) is 0 Å². The van der Waals surface area contributed by atoms with E-state index in [-0.39, 0.29) is 6.10 Å². The van der Waals surface area contributed by atoms with Gasteiger partial charge >= 0.3 is 0 Å². The fraction of sp³-hybridized carbons (Fsp3) is 0.684. The molecule has 0 heterocycles. The van der Waals surface area contributed by atoms with Gasteiger partial charge in [-0.1, -0.05) is 30.3 Å². The molecule has 0 saturated heterocycles. The second-order valence-corrected chi connectivity index (χ2v) is 7.13. The summed E-state index contributed by atoms with van der Waals surface area (Å²) in [6.45, 7) is 2.59. The molecule has 1 aliphatic carbocycles. The van der Waals surface area contributed by atoms with E-state index in [0.29, 0.717) is 31.7 Å². The summed E-state index contributed by atoms with van der Waals surface area (Å²) in [5.74, 6) is 0.488. The van der Waals surface area contributed by atoms with Gasteiger partial charge in [0.1, 0.15) is 0 Å². The van der Waals surface area contributed by atoms with Crippen molar-refractivity contribution >= 4 is 0 Å². The number of aliphatic hydroxyl groups is 2. The maximum atomic E-state index is 10.4. The number of benzene rings is 1. The minimum atomic E-state index is -0.329. The highest BCUT2D eigenvalue weighted by atomic mass is 16.3. The minimum Gasteiger partial charge on any atom is -0.396 e. The van der Waals surface area contributed by atoms with Gasteiger partial charge in [-0.2, -0.15) is 0 Å². The minimum absolute atomic E-state index is 0.323. The predicted octanol–water partition coefficient (Wildman–Crippen LogP) is 1.96. The molecule has 0 aliphatic heterocycles. The zero-order valence-corrected chi connectivity index (χ0v) is 14.6. The first-order valence-electron chi connectivity index (χ1n) is 8.80. The van der Waals surface area contributed by atoms with Crippen molar-refractivity contribution < 1.29 is 10.2 Å². The second-order valence-electron chi connectivity index (χ2n) is 7.13. The van der Waals surface area contributed by atoms with Gasteiger partial charge in [-0.05, 0) is 51.3 Å². The molecule has 0 radical (unpaired) electrons. The Morgan fingerprint density at radius 3 is 2.30 bits per heavy atom. The molecule has 1 fully saturated rings. The quantitative estimate of drug-likeness (QED) is 0.769. The first kappa shape index (κ1) is 18.4. The van der Waals surface area contributed by atoms with Gasteiger partial charge in [-0.15, -0.1) is 0 Å². The average molecular weight is 320 g/mol. The molecule has 2 N–H and O–H groups in total. The molecule has 0 bridgehead atoms. The Kier molecular flexibility index (Phi) is 7.50. The second kappa shape index (κ2) is 9.38. The van der Waals surface area contributed by atoms with Crippen LogP contribution in [0.2, 0.25) is 0 Å². The Morgan fingerprint density at radius 1 is 1.04 bits per heavy atom. The Balaban J connectivity index is 1.70. The summed E-state index contributed by atoms with van der Waals surface area (Å²) in [4.78, 5) is 4.48. The molecule has 23 heavy (non-hydrogen) atoms. The van der Waals surface area contributed by atoms with E-state index in [1.165, 1.54) is 5.56 Å². The fourth-order valence-electron chi connectivity index (χ4n) is 3.63. The SMILES string of the molecule is CN(Cc1ccccc1)CC(O)CN(C)C1CCC(CO)CC1. The van der Waals surface area contributed by atoms with Gasteiger partial charge in [0.2, 0.25) is 0 Å². The Morgan fingerprint density at radius 2 is 1.70 bits per heavy atom. The lowest BCUT2D eigenvalue weighted by molar-refractivity contribution is 0.0572. The molecule has 0 aromatic heterocycles. The van der Waals surface area contributed by atoms with Crippen molar-refractivity contribution in [2.45, 2.75) is 44.4 Å². The van der Waals surface area contributed by atoms with Crippen LogP contribution in [-0.2, 0) is 6.54 Å². The van der Waals surface area contributed by atoms with E-state index in [0.717, 1.165) is 32.2 Å². The predicted molar refractivity (Wildman–Crippen MR) is 94.2 cm³/mol. The molecule has 1 aliphatic rings. The van der Waals surface area contributed by atoms with Crippen LogP contribution in [0.3, 0.4) is 0 Å². The van der Waals surface area contributed by atoms with Crippen LogP contribution >= 0.6 is 0 Å². The Hall–Kier alpha value is -0.940. The van der Waals surface area contributed by atoms with Gasteiger partial charge in [0.15, 0.2) is 0 Å². The van der Waals surface area contributed by atoms with Gasteiger partial charge < -0.3 is 15.1 Å². The molecule has 1 saturated carbocycles. The van der Waals surface area contributed by atoms with Gasteiger partial charge in [-0.25, -0.2) is 0 Å². The fourth-order valence-corrected chi connectivity index (χ4v) is 3.63. The summed E-state index contributed by atoms with van der Waals surface area (Å²) >= 11 is 0. The van der Waals surface area contributed by atoms with Crippen molar-refractivity contribution in [3.8, 4) is 0 Å². The van der Waals surface area contributed by atoms with Crippen molar-refractivity contribution in [1.82, 2.24) is 9.80 Å². The molecule has 2 rings (SSSR count). The molecule has 1 aromatic rings. The third-order valence-electron chi connectivity index (χ3n) is 5.01. The summed E-state index contributed by atoms with van der Waals surface area (Å²) in [6, 6.07) is 10.9. The summed E-state index contributed by atoms with van der Waals surface area (Å²) in [7, 11) is 4.17. The first-order chi connectivity index (χ1) is 11.1. The van der Waals surface area contributed by atoms with Crippen molar-refractivity contribution in [2.24, 2.45) is 5.92 Å². The lowest BCUT2D eigenvalue weighted by Crippen LogP contribution is -2.43. The van der Waals surface area contributed by atoms with Crippen LogP contribution < -0.4 is 0 Å². The Labute approximate surface area is 140 Å². The number of nitrogens with zero attached hydrogens (tertiary/aromatic N) is 2. The standard InChI is InChI=1S/C19H32N2O2/c1-20(12-16-6-4-3-5-7-16)13-19(23)14-21(2)18-10-8-17(15-22)9-11-18/h3-7,17-19,22-23H,8-15H2,1-2H3. The van der Waals surface area contributed by atoms with Crippen LogP contribution in [0.15, 0.2) is 30.3 Å². The van der Waals surface area contributed by atoms with Gasteiger partial charge in [-0.3, -0.25) is 4.90 Å². The number of hydrogen-bond donors (Lipinski definition) is 2. The monoisotopic (exact) mass is 320 g/mol. The lowest BCUT2D eigenvalue weighted by Gasteiger charge is -2.35. The van der Waals surface area contributed by atoms with Crippen molar-refractivity contribution in [1.29, 1.82) is 0 Å². The van der Waals surface area contributed by atoms with Crippen LogP contribution in [0.1, 0.15) is 31.2 Å². The lowest BCUT2D eigenvalue weighted by atomic mass is 9.86. The molecular formula is C19H32N2O2. The number of hydrogen-bond acceptors (Lipinski definition) is 4. The highest BCUT2D eigenvalue weighted by Crippen LogP contribution is 2.26. The van der Waals surface area contributed by atoms with E-state index in [1.54, 1.807) is 0 Å². The highest BCUT2D eigenvalue weighted by Gasteiger charge is 2.24. The summed E-state index contributed by atoms with van der Waals surface area (Å²) < 4.78 is 0. The van der Waals surface area contributed by atoms with E-state index < -0.39 is 0 Å². The Bertz CT molecular complexity index is 432. The molecular weight excluding hydrogens is 288 g/mol. The molecule has 4 heteroatoms. The van der Waals surface area contributed by atoms with Crippen LogP contribution in [0.4, 0.5) is 0 Å². The first-order valence-corrected chi connectivity index (χ1v) is 8.80. The maximum absolute atomic E-state index is 10.4. The molecule has 130 valence electrons. The molecule has 0 spiro atoms. The zero-order valence-electron chi connectivity index (χ0n) is 14.6. The van der Waals surface area contributed by atoms with Crippen LogP contribution in [0.25, 0.3) is 0 Å². The number of rotatable bonds is 8. The molecule has 1 unspecified atom stereocenters. The van der Waals surface area contributed by atoms with Crippen molar-refractivity contribution in [2.75, 3.05) is 33.8 Å². The van der Waals surface area contributed by atoms with Crippen LogP contribution in [0.5, 0.6) is 0 Å². The molecule has 0 amide bonds. The summed E-state index contributed by atoms with van der Waals surface area (Å²) in [5.41, 5.74) is 1.28. The summed E-state index contributed by atoms with van der Waals surface area (Å²) in [5, 5.41) is 19.6. The molecule has 1 atom stereocenters. The number of likely N-dealkylation sites (N-methyl/N-ethyl adjacent to an activating group) is 2. The van der Waals surface area contributed by atoms with Crippen molar-refractivity contribution in [3.63, 3.8) is 0 Å². The van der Waals surface area contributed by atoms with Crippen molar-refractivity contribution in [3.05, 3.63) is 35.9 Å². The third kappa shape index (κ3) is 6.22. The smallest absolute Gasteiger partial charge is 0.0793 e. The van der Waals surface area contributed by atoms with E-state index >= 15 is 0 Å². The van der Waals surface area contributed by atoms with E-state index in [1.807, 2.05) is 6.07 Å². The van der Waals surface area contributed by atoms with E-state index in [9.17, 15) is 10.2 Å². The zero-order chi connectivity index (χ0) is 16.7. The van der Waals surface area contributed by atoms with Gasteiger partial charge in [0, 0.05) is 32.3 Å². The van der Waals surface area contributed by atoms with Gasteiger partial charge in [0.05, 0.1) is 6.10 Å². The largest absolute Gasteiger partial charge is 0.396 e. The highest BCUT2D eigenvalue weighted by molar-refractivity contribution is 5.14. The maximum Gasteiger partial charge on any atom is 0.0793 e.